The molecule has 4 nitrogen and oxygen atoms in total. The molecule has 1 N–H and O–H groups in total. The Hall–Kier alpha value is -1.07. The number of rotatable bonds is 8. The molecule has 1 rings (SSSR count). The van der Waals surface area contributed by atoms with Crippen LogP contribution in [0.2, 0.25) is 0 Å². The van der Waals surface area contributed by atoms with Crippen LogP contribution < -0.4 is 0 Å². The molecule has 1 unspecified atom stereocenters. The second kappa shape index (κ2) is 7.80. The topological polar surface area (TPSA) is 55.8 Å². The van der Waals surface area contributed by atoms with Crippen molar-refractivity contribution in [2.45, 2.75) is 25.6 Å². The van der Waals surface area contributed by atoms with Crippen LogP contribution in [-0.4, -0.2) is 30.1 Å². The van der Waals surface area contributed by atoms with E-state index in [0.29, 0.717) is 5.56 Å². The van der Waals surface area contributed by atoms with E-state index in [1.165, 1.54) is 19.9 Å². The van der Waals surface area contributed by atoms with Gasteiger partial charge >= 0.3 is 13.3 Å². The van der Waals surface area contributed by atoms with Crippen molar-refractivity contribution in [2.75, 3.05) is 13.2 Å². The second-order valence-corrected chi connectivity index (χ2v) is 6.24. The van der Waals surface area contributed by atoms with Gasteiger partial charge in [-0.25, -0.2) is 0 Å². The van der Waals surface area contributed by atoms with E-state index in [4.69, 9.17) is 0 Å². The number of benzene rings is 1. The molecular formula is C14H19F2O4P. The first-order valence-corrected chi connectivity index (χ1v) is 8.10. The minimum absolute atomic E-state index is 0.206. The number of halogens is 2. The number of aliphatic hydroxyl groups excluding tert-OH is 1. The Bertz CT molecular complexity index is 495. The lowest BCUT2D eigenvalue weighted by atomic mass is 10.2. The normalized spacial score (nSPS) is 14.5. The van der Waals surface area contributed by atoms with Gasteiger partial charge in [0.25, 0.3) is 0 Å². The minimum atomic E-state index is -4.73. The third kappa shape index (κ3) is 4.45. The quantitative estimate of drug-likeness (QED) is 0.738. The van der Waals surface area contributed by atoms with E-state index in [2.05, 4.69) is 9.05 Å². The molecule has 0 saturated carbocycles. The summed E-state index contributed by atoms with van der Waals surface area (Å²) in [7, 11) is -4.73. The van der Waals surface area contributed by atoms with Gasteiger partial charge in [-0.3, -0.25) is 4.57 Å². The molecule has 0 aliphatic rings. The molecule has 0 amide bonds. The fourth-order valence-electron chi connectivity index (χ4n) is 1.59. The van der Waals surface area contributed by atoms with E-state index in [9.17, 15) is 18.5 Å². The molecule has 0 aliphatic carbocycles. The number of alkyl halides is 2. The Labute approximate surface area is 122 Å². The van der Waals surface area contributed by atoms with Gasteiger partial charge in [-0.05, 0) is 25.5 Å². The average molecular weight is 320 g/mol. The van der Waals surface area contributed by atoms with Gasteiger partial charge in [0.15, 0.2) is 0 Å². The molecule has 1 aromatic carbocycles. The molecule has 0 spiro atoms. The third-order valence-electron chi connectivity index (χ3n) is 2.59. The first-order valence-electron chi connectivity index (χ1n) is 6.55. The summed E-state index contributed by atoms with van der Waals surface area (Å²) in [6, 6.07) is 8.61. The molecule has 118 valence electrons. The highest BCUT2D eigenvalue weighted by Gasteiger charge is 2.57. The van der Waals surface area contributed by atoms with Crippen molar-refractivity contribution < 1.29 is 27.5 Å². The minimum Gasteiger partial charge on any atom is -0.382 e. The van der Waals surface area contributed by atoms with Crippen molar-refractivity contribution in [1.29, 1.82) is 0 Å². The van der Waals surface area contributed by atoms with Crippen molar-refractivity contribution in [3.8, 4) is 0 Å². The molecule has 21 heavy (non-hydrogen) atoms. The van der Waals surface area contributed by atoms with Crippen molar-refractivity contribution in [3.63, 3.8) is 0 Å². The maximum atomic E-state index is 14.1. The number of hydrogen-bond donors (Lipinski definition) is 1. The van der Waals surface area contributed by atoms with E-state index in [1.807, 2.05) is 0 Å². The van der Waals surface area contributed by atoms with Crippen LogP contribution in [0.25, 0.3) is 6.08 Å². The summed E-state index contributed by atoms with van der Waals surface area (Å²) in [4.78, 5) is 0. The van der Waals surface area contributed by atoms with Gasteiger partial charge in [-0.1, -0.05) is 36.4 Å². The van der Waals surface area contributed by atoms with E-state index in [1.54, 1.807) is 30.3 Å². The highest BCUT2D eigenvalue weighted by atomic mass is 31.2. The second-order valence-electron chi connectivity index (χ2n) is 4.14. The predicted molar refractivity (Wildman–Crippen MR) is 77.3 cm³/mol. The Balaban J connectivity index is 2.93. The van der Waals surface area contributed by atoms with Gasteiger partial charge < -0.3 is 14.2 Å². The van der Waals surface area contributed by atoms with E-state index < -0.39 is 19.4 Å². The van der Waals surface area contributed by atoms with Gasteiger partial charge in [-0.2, -0.15) is 8.78 Å². The molecule has 0 radical (unpaired) electrons. The Kier molecular flexibility index (Phi) is 6.68. The Morgan fingerprint density at radius 2 is 1.76 bits per heavy atom. The summed E-state index contributed by atoms with van der Waals surface area (Å²) in [6.45, 7) is 2.44. The van der Waals surface area contributed by atoms with Crippen LogP contribution in [0.1, 0.15) is 19.4 Å². The summed E-state index contributed by atoms with van der Waals surface area (Å²) >= 11 is 0. The van der Waals surface area contributed by atoms with Crippen LogP contribution in [0.3, 0.4) is 0 Å². The molecule has 0 saturated heterocycles. The maximum absolute atomic E-state index is 14.1. The van der Waals surface area contributed by atoms with Crippen molar-refractivity contribution in [3.05, 3.63) is 42.0 Å². The largest absolute Gasteiger partial charge is 0.402 e. The average Bonchev–Trinajstić information content (AvgIpc) is 2.46. The lowest BCUT2D eigenvalue weighted by Gasteiger charge is -2.27. The predicted octanol–water partition coefficient (Wildman–Crippen LogP) is 3.92. The van der Waals surface area contributed by atoms with Gasteiger partial charge in [-0.15, -0.1) is 0 Å². The molecule has 0 heterocycles. The van der Waals surface area contributed by atoms with E-state index >= 15 is 0 Å². The molecule has 1 aromatic rings. The zero-order chi connectivity index (χ0) is 15.9. The first-order chi connectivity index (χ1) is 9.87. The molecule has 0 bridgehead atoms. The third-order valence-corrected chi connectivity index (χ3v) is 4.78. The summed E-state index contributed by atoms with van der Waals surface area (Å²) in [5.74, 6) is 0. The van der Waals surface area contributed by atoms with E-state index in [0.717, 1.165) is 6.08 Å². The van der Waals surface area contributed by atoms with Crippen LogP contribution in [-0.2, 0) is 13.6 Å². The van der Waals surface area contributed by atoms with Crippen LogP contribution in [0.4, 0.5) is 8.78 Å². The van der Waals surface area contributed by atoms with Gasteiger partial charge in [0.1, 0.15) is 6.10 Å². The number of aliphatic hydroxyl groups is 1. The summed E-state index contributed by atoms with van der Waals surface area (Å²) in [6.07, 6.45) is -0.0810. The smallest absolute Gasteiger partial charge is 0.382 e. The van der Waals surface area contributed by atoms with Gasteiger partial charge in [0, 0.05) is 0 Å². The van der Waals surface area contributed by atoms with E-state index in [-0.39, 0.29) is 13.2 Å². The molecule has 0 aromatic heterocycles. The highest BCUT2D eigenvalue weighted by Crippen LogP contribution is 2.63. The van der Waals surface area contributed by atoms with Crippen LogP contribution >= 0.6 is 7.60 Å². The zero-order valence-corrected chi connectivity index (χ0v) is 12.8. The van der Waals surface area contributed by atoms with Crippen LogP contribution in [0, 0.1) is 0 Å². The highest BCUT2D eigenvalue weighted by molar-refractivity contribution is 7.55. The molecular weight excluding hydrogens is 301 g/mol. The SMILES string of the molecule is CCOP(=O)(OCC)C(F)(F)C(O)/C=C/c1ccccc1. The molecule has 0 aliphatic heterocycles. The molecule has 1 atom stereocenters. The summed E-state index contributed by atoms with van der Waals surface area (Å²) < 4.78 is 49.6. The first kappa shape index (κ1) is 18.0. The lowest BCUT2D eigenvalue weighted by Crippen LogP contribution is -2.33. The van der Waals surface area contributed by atoms with Gasteiger partial charge in [0.2, 0.25) is 0 Å². The fourth-order valence-corrected chi connectivity index (χ4v) is 3.10. The Morgan fingerprint density at radius 1 is 1.24 bits per heavy atom. The molecule has 7 heteroatoms. The summed E-state index contributed by atoms with van der Waals surface area (Å²) in [5.41, 5.74) is -3.39. The fraction of sp³-hybridized carbons (Fsp3) is 0.429. The zero-order valence-electron chi connectivity index (χ0n) is 11.9. The summed E-state index contributed by atoms with van der Waals surface area (Å²) in [5, 5.41) is 9.66. The van der Waals surface area contributed by atoms with Crippen molar-refractivity contribution in [2.24, 2.45) is 0 Å². The van der Waals surface area contributed by atoms with Crippen LogP contribution in [0.5, 0.6) is 0 Å². The van der Waals surface area contributed by atoms with Crippen LogP contribution in [0.15, 0.2) is 36.4 Å². The lowest BCUT2D eigenvalue weighted by molar-refractivity contribution is -0.0432. The maximum Gasteiger partial charge on any atom is 0.402 e. The monoisotopic (exact) mass is 320 g/mol. The van der Waals surface area contributed by atoms with Crippen molar-refractivity contribution >= 4 is 13.7 Å². The standard InChI is InChI=1S/C14H19F2O4P/c1-3-19-21(18,20-4-2)14(15,16)13(17)11-10-12-8-6-5-7-9-12/h5-11,13,17H,3-4H2,1-2H3/b11-10+. The molecule has 0 fully saturated rings. The van der Waals surface area contributed by atoms with Crippen molar-refractivity contribution in [1.82, 2.24) is 0 Å². The van der Waals surface area contributed by atoms with Gasteiger partial charge in [0.05, 0.1) is 13.2 Å². The number of hydrogen-bond acceptors (Lipinski definition) is 4. The Morgan fingerprint density at radius 3 is 2.24 bits per heavy atom.